The van der Waals surface area contributed by atoms with E-state index in [0.717, 1.165) is 53.2 Å². The normalized spacial score (nSPS) is 17.0. The molecule has 196 valence electrons. The molecule has 0 saturated heterocycles. The van der Waals surface area contributed by atoms with Crippen LogP contribution in [0.15, 0.2) is 48.5 Å². The Morgan fingerprint density at radius 1 is 1.21 bits per heavy atom. The number of aromatic nitrogens is 3. The predicted molar refractivity (Wildman–Crippen MR) is 147 cm³/mol. The third kappa shape index (κ3) is 5.42. The van der Waals surface area contributed by atoms with Crippen LogP contribution in [0.25, 0.3) is 16.8 Å². The van der Waals surface area contributed by atoms with E-state index in [9.17, 15) is 4.79 Å². The largest absolute Gasteiger partial charge is 0.444 e. The molecule has 1 aromatic heterocycles. The molecule has 0 aliphatic carbocycles. The monoisotopic (exact) mass is 510 g/mol. The number of nitrogens with zero attached hydrogens (tertiary/aromatic N) is 5. The van der Waals surface area contributed by atoms with Crippen LogP contribution in [0, 0.1) is 18.3 Å². The van der Waals surface area contributed by atoms with Gasteiger partial charge in [-0.25, -0.2) is 9.48 Å². The first-order valence-corrected chi connectivity index (χ1v) is 13.2. The summed E-state index contributed by atoms with van der Waals surface area (Å²) < 4.78 is 7.56. The molecule has 2 aliphatic heterocycles. The van der Waals surface area contributed by atoms with Crippen LogP contribution in [0.5, 0.6) is 0 Å². The Kier molecular flexibility index (Phi) is 6.94. The zero-order chi connectivity index (χ0) is 26.9. The zero-order valence-electron chi connectivity index (χ0n) is 22.5. The lowest BCUT2D eigenvalue weighted by Crippen LogP contribution is -2.39. The van der Waals surface area contributed by atoms with Crippen LogP contribution in [0.2, 0.25) is 0 Å². The number of anilines is 1. The molecule has 8 nitrogen and oxygen atoms in total. The predicted octanol–water partition coefficient (Wildman–Crippen LogP) is 5.90. The zero-order valence-corrected chi connectivity index (χ0v) is 22.5. The Hall–Kier alpha value is -4.12. The topological polar surface area (TPSA) is 96.1 Å². The summed E-state index contributed by atoms with van der Waals surface area (Å²) in [6.07, 6.45) is 3.87. The quantitative estimate of drug-likeness (QED) is 0.469. The Morgan fingerprint density at radius 3 is 2.79 bits per heavy atom. The highest BCUT2D eigenvalue weighted by Crippen LogP contribution is 2.39. The van der Waals surface area contributed by atoms with Gasteiger partial charge in [-0.2, -0.15) is 5.26 Å². The van der Waals surface area contributed by atoms with Gasteiger partial charge in [0.1, 0.15) is 5.60 Å². The first kappa shape index (κ1) is 25.5. The molecule has 38 heavy (non-hydrogen) atoms. The van der Waals surface area contributed by atoms with Crippen molar-refractivity contribution in [3.05, 3.63) is 70.9 Å². The van der Waals surface area contributed by atoms with Crippen LogP contribution < -0.4 is 5.32 Å². The standard InChI is InChI=1S/C30H34N6O2/c1-20-28-25-9-8-23(22-11-15-35(16-12-22)29(37)38-30(2,3)4)19-26(25)27(13-17-36(28)34-33-20)32-24-7-5-6-21(18-24)10-14-31/h5-9,11,18-19,27,32H,10,12-13,15-17H2,1-4H3. The minimum atomic E-state index is -0.506. The van der Waals surface area contributed by atoms with Crippen molar-refractivity contribution in [2.24, 2.45) is 0 Å². The fourth-order valence-corrected chi connectivity index (χ4v) is 5.20. The van der Waals surface area contributed by atoms with E-state index in [1.165, 1.54) is 11.1 Å². The molecule has 1 atom stereocenters. The highest BCUT2D eigenvalue weighted by molar-refractivity contribution is 5.76. The van der Waals surface area contributed by atoms with E-state index in [1.54, 1.807) is 4.90 Å². The number of hydrogen-bond acceptors (Lipinski definition) is 6. The van der Waals surface area contributed by atoms with Gasteiger partial charge in [-0.05, 0) is 81.0 Å². The SMILES string of the molecule is Cc1nnn2c1-c1ccc(C3=CCN(C(=O)OC(C)(C)C)CC3)cc1C(Nc1cccc(CC#N)c1)CC2. The van der Waals surface area contributed by atoms with Crippen molar-refractivity contribution in [1.29, 1.82) is 5.26 Å². The van der Waals surface area contributed by atoms with Gasteiger partial charge in [-0.15, -0.1) is 5.10 Å². The van der Waals surface area contributed by atoms with Gasteiger partial charge in [-0.1, -0.05) is 35.6 Å². The Bertz CT molecular complexity index is 1430. The Labute approximate surface area is 223 Å². The van der Waals surface area contributed by atoms with Gasteiger partial charge in [0.05, 0.1) is 29.9 Å². The minimum absolute atomic E-state index is 0.0610. The second-order valence-corrected chi connectivity index (χ2v) is 11.0. The number of nitrogens with one attached hydrogen (secondary N) is 1. The van der Waals surface area contributed by atoms with Crippen LogP contribution >= 0.6 is 0 Å². The fourth-order valence-electron chi connectivity index (χ4n) is 5.20. The maximum Gasteiger partial charge on any atom is 0.410 e. The molecule has 8 heteroatoms. The highest BCUT2D eigenvalue weighted by atomic mass is 16.6. The Balaban J connectivity index is 1.46. The van der Waals surface area contributed by atoms with Gasteiger partial charge in [0.15, 0.2) is 0 Å². The third-order valence-electron chi connectivity index (χ3n) is 7.00. The van der Waals surface area contributed by atoms with E-state index in [4.69, 9.17) is 10.00 Å². The lowest BCUT2D eigenvalue weighted by Gasteiger charge is -2.30. The molecule has 0 spiro atoms. The molecule has 3 aromatic rings. The Morgan fingerprint density at radius 2 is 2.05 bits per heavy atom. The summed E-state index contributed by atoms with van der Waals surface area (Å²) in [6.45, 7) is 9.58. The molecule has 0 bridgehead atoms. The lowest BCUT2D eigenvalue weighted by molar-refractivity contribution is 0.0270. The first-order chi connectivity index (χ1) is 18.2. The summed E-state index contributed by atoms with van der Waals surface area (Å²) in [5.41, 5.74) is 8.19. The molecular weight excluding hydrogens is 476 g/mol. The van der Waals surface area contributed by atoms with Crippen LogP contribution in [-0.4, -0.2) is 44.7 Å². The van der Waals surface area contributed by atoms with Gasteiger partial charge in [0, 0.05) is 30.9 Å². The molecule has 2 aromatic carbocycles. The average Bonchev–Trinajstić information content (AvgIpc) is 3.18. The molecule has 3 heterocycles. The second-order valence-electron chi connectivity index (χ2n) is 11.0. The van der Waals surface area contributed by atoms with E-state index in [1.807, 2.05) is 44.5 Å². The molecule has 1 unspecified atom stereocenters. The summed E-state index contributed by atoms with van der Waals surface area (Å²) in [6, 6.07) is 17.0. The van der Waals surface area contributed by atoms with E-state index < -0.39 is 5.60 Å². The highest BCUT2D eigenvalue weighted by Gasteiger charge is 2.27. The van der Waals surface area contributed by atoms with Crippen molar-refractivity contribution in [3.63, 3.8) is 0 Å². The number of hydrogen-bond donors (Lipinski definition) is 1. The minimum Gasteiger partial charge on any atom is -0.444 e. The molecule has 1 amide bonds. The number of amides is 1. The van der Waals surface area contributed by atoms with Crippen molar-refractivity contribution < 1.29 is 9.53 Å². The molecule has 0 radical (unpaired) electrons. The van der Waals surface area contributed by atoms with Crippen molar-refractivity contribution in [2.75, 3.05) is 18.4 Å². The van der Waals surface area contributed by atoms with Crippen LogP contribution in [0.1, 0.15) is 62.0 Å². The van der Waals surface area contributed by atoms with Crippen LogP contribution in [-0.2, 0) is 17.7 Å². The third-order valence-corrected chi connectivity index (χ3v) is 7.00. The molecule has 2 aliphatic rings. The molecule has 0 fully saturated rings. The number of carbonyl (C=O) groups is 1. The maximum atomic E-state index is 12.5. The van der Waals surface area contributed by atoms with E-state index >= 15 is 0 Å². The van der Waals surface area contributed by atoms with E-state index in [2.05, 4.69) is 58.1 Å². The molecule has 5 rings (SSSR count). The van der Waals surface area contributed by atoms with Crippen LogP contribution in [0.4, 0.5) is 10.5 Å². The van der Waals surface area contributed by atoms with E-state index in [-0.39, 0.29) is 12.1 Å². The smallest absolute Gasteiger partial charge is 0.410 e. The maximum absolute atomic E-state index is 12.5. The number of benzene rings is 2. The summed E-state index contributed by atoms with van der Waals surface area (Å²) in [5.74, 6) is 0. The van der Waals surface area contributed by atoms with Gasteiger partial charge >= 0.3 is 6.09 Å². The number of ether oxygens (including phenoxy) is 1. The lowest BCUT2D eigenvalue weighted by atomic mass is 9.90. The number of rotatable bonds is 4. The summed E-state index contributed by atoms with van der Waals surface area (Å²) >= 11 is 0. The number of carbonyl (C=O) groups excluding carboxylic acids is 1. The van der Waals surface area contributed by atoms with Crippen molar-refractivity contribution in [2.45, 2.75) is 65.1 Å². The summed E-state index contributed by atoms with van der Waals surface area (Å²) in [7, 11) is 0. The molecule has 0 saturated carbocycles. The number of aryl methyl sites for hydroxylation is 2. The van der Waals surface area contributed by atoms with Gasteiger partial charge < -0.3 is 15.0 Å². The van der Waals surface area contributed by atoms with Crippen molar-refractivity contribution in [3.8, 4) is 17.3 Å². The van der Waals surface area contributed by atoms with Gasteiger partial charge in [0.2, 0.25) is 0 Å². The molecule has 1 N–H and O–H groups in total. The number of fused-ring (bicyclic) bond motifs is 3. The van der Waals surface area contributed by atoms with Gasteiger partial charge in [-0.3, -0.25) is 0 Å². The van der Waals surface area contributed by atoms with Crippen molar-refractivity contribution >= 4 is 17.4 Å². The molecular formula is C30H34N6O2. The summed E-state index contributed by atoms with van der Waals surface area (Å²) in [5, 5.41) is 21.6. The summed E-state index contributed by atoms with van der Waals surface area (Å²) in [4.78, 5) is 14.3. The number of nitriles is 1. The van der Waals surface area contributed by atoms with Gasteiger partial charge in [0.25, 0.3) is 0 Å². The van der Waals surface area contributed by atoms with Crippen molar-refractivity contribution in [1.82, 2.24) is 19.9 Å². The average molecular weight is 511 g/mol. The fraction of sp³-hybridized carbons (Fsp3) is 0.400. The first-order valence-electron chi connectivity index (χ1n) is 13.2. The van der Waals surface area contributed by atoms with E-state index in [0.29, 0.717) is 19.5 Å². The second kappa shape index (κ2) is 10.3. The van der Waals surface area contributed by atoms with Crippen LogP contribution in [0.3, 0.4) is 0 Å².